The highest BCUT2D eigenvalue weighted by Gasteiger charge is 2.19. The highest BCUT2D eigenvalue weighted by atomic mass is 32.2. The smallest absolute Gasteiger partial charge is 0.338 e. The van der Waals surface area contributed by atoms with Crippen LogP contribution in [0.2, 0.25) is 0 Å². The predicted molar refractivity (Wildman–Crippen MR) is 121 cm³/mol. The van der Waals surface area contributed by atoms with Crippen LogP contribution in [-0.4, -0.2) is 50.7 Å². The van der Waals surface area contributed by atoms with Crippen LogP contribution in [0.25, 0.3) is 5.69 Å². The second kappa shape index (κ2) is 9.41. The molecule has 0 bridgehead atoms. The van der Waals surface area contributed by atoms with E-state index < -0.39 is 28.4 Å². The fraction of sp³-hybridized carbons (Fsp3) is 0.208. The molecule has 1 aromatic heterocycles. The van der Waals surface area contributed by atoms with E-state index in [1.165, 1.54) is 31.4 Å². The van der Waals surface area contributed by atoms with Gasteiger partial charge in [-0.05, 0) is 68.4 Å². The standard InChI is InChI=1S/C24H23NO7S/c1-15-13-21(16(2)25(15)19-9-5-17(6-10-19)23(27)31-3)22(26)14-32-24(28)18-7-11-20(12-8-18)33(4,29)30/h5-13H,14H2,1-4H3. The number of carbonyl (C=O) groups is 3. The maximum atomic E-state index is 12.7. The van der Waals surface area contributed by atoms with Crippen molar-refractivity contribution in [3.05, 3.63) is 82.7 Å². The zero-order chi connectivity index (χ0) is 24.3. The Balaban J connectivity index is 1.73. The van der Waals surface area contributed by atoms with Gasteiger partial charge in [-0.3, -0.25) is 4.79 Å². The lowest BCUT2D eigenvalue weighted by atomic mass is 10.1. The third kappa shape index (κ3) is 5.20. The summed E-state index contributed by atoms with van der Waals surface area (Å²) in [6, 6.07) is 13.8. The van der Waals surface area contributed by atoms with Crippen molar-refractivity contribution >= 4 is 27.6 Å². The van der Waals surface area contributed by atoms with E-state index in [9.17, 15) is 22.8 Å². The summed E-state index contributed by atoms with van der Waals surface area (Å²) in [5.41, 5.74) is 3.19. The summed E-state index contributed by atoms with van der Waals surface area (Å²) < 4.78 is 34.8. The lowest BCUT2D eigenvalue weighted by Gasteiger charge is -2.11. The Morgan fingerprint density at radius 3 is 1.97 bits per heavy atom. The second-order valence-electron chi connectivity index (χ2n) is 7.45. The normalized spacial score (nSPS) is 11.2. The van der Waals surface area contributed by atoms with Gasteiger partial charge in [0.25, 0.3) is 0 Å². The number of sulfone groups is 1. The van der Waals surface area contributed by atoms with Crippen LogP contribution >= 0.6 is 0 Å². The Morgan fingerprint density at radius 2 is 1.42 bits per heavy atom. The zero-order valence-electron chi connectivity index (χ0n) is 18.6. The molecule has 8 nitrogen and oxygen atoms in total. The van der Waals surface area contributed by atoms with E-state index in [0.717, 1.165) is 17.6 Å². The van der Waals surface area contributed by atoms with Crippen molar-refractivity contribution in [1.29, 1.82) is 0 Å². The lowest BCUT2D eigenvalue weighted by molar-refractivity contribution is 0.0474. The van der Waals surface area contributed by atoms with E-state index in [1.54, 1.807) is 37.3 Å². The van der Waals surface area contributed by atoms with E-state index in [4.69, 9.17) is 9.47 Å². The molecule has 0 fully saturated rings. The molecule has 172 valence electrons. The number of rotatable bonds is 7. The first-order chi connectivity index (χ1) is 15.5. The molecule has 0 saturated carbocycles. The van der Waals surface area contributed by atoms with Gasteiger partial charge in [-0.15, -0.1) is 0 Å². The number of esters is 2. The van der Waals surface area contributed by atoms with Crippen LogP contribution in [0.1, 0.15) is 42.5 Å². The van der Waals surface area contributed by atoms with Crippen molar-refractivity contribution in [3.8, 4) is 5.69 Å². The van der Waals surface area contributed by atoms with Gasteiger partial charge in [-0.25, -0.2) is 18.0 Å². The summed E-state index contributed by atoms with van der Waals surface area (Å²) in [6.45, 7) is 3.16. The van der Waals surface area contributed by atoms with E-state index >= 15 is 0 Å². The van der Waals surface area contributed by atoms with Crippen molar-refractivity contribution in [1.82, 2.24) is 4.57 Å². The molecule has 0 atom stereocenters. The van der Waals surface area contributed by atoms with Gasteiger partial charge in [0.1, 0.15) is 0 Å². The van der Waals surface area contributed by atoms with Crippen molar-refractivity contribution in [2.75, 3.05) is 20.0 Å². The predicted octanol–water partition coefficient (Wildman–Crippen LogP) is 3.32. The second-order valence-corrected chi connectivity index (χ2v) is 9.47. The summed E-state index contributed by atoms with van der Waals surface area (Å²) in [5.74, 6) is -1.54. The van der Waals surface area contributed by atoms with E-state index in [-0.39, 0.29) is 16.2 Å². The minimum absolute atomic E-state index is 0.0854. The molecule has 0 radical (unpaired) electrons. The van der Waals surface area contributed by atoms with Gasteiger partial charge < -0.3 is 14.0 Å². The number of ether oxygens (including phenoxy) is 2. The SMILES string of the molecule is COC(=O)c1ccc(-n2c(C)cc(C(=O)COC(=O)c3ccc(S(C)(=O)=O)cc3)c2C)cc1. The number of Topliss-reactive ketones (excluding diaryl/α,β-unsaturated/α-hetero) is 1. The number of carbonyl (C=O) groups excluding carboxylic acids is 3. The van der Waals surface area contributed by atoms with Gasteiger partial charge in [0, 0.05) is 28.9 Å². The van der Waals surface area contributed by atoms with Crippen molar-refractivity contribution < 1.29 is 32.3 Å². The van der Waals surface area contributed by atoms with Crippen LogP contribution in [0.5, 0.6) is 0 Å². The van der Waals surface area contributed by atoms with Crippen molar-refractivity contribution in [2.45, 2.75) is 18.7 Å². The summed E-state index contributed by atoms with van der Waals surface area (Å²) in [5, 5.41) is 0. The van der Waals surface area contributed by atoms with E-state index in [2.05, 4.69) is 0 Å². The summed E-state index contributed by atoms with van der Waals surface area (Å²) in [7, 11) is -2.06. The fourth-order valence-corrected chi connectivity index (χ4v) is 4.07. The van der Waals surface area contributed by atoms with Crippen LogP contribution in [0.4, 0.5) is 0 Å². The van der Waals surface area contributed by atoms with Gasteiger partial charge in [0.15, 0.2) is 16.4 Å². The highest BCUT2D eigenvalue weighted by molar-refractivity contribution is 7.90. The molecule has 0 amide bonds. The highest BCUT2D eigenvalue weighted by Crippen LogP contribution is 2.22. The molecule has 0 spiro atoms. The summed E-state index contributed by atoms with van der Waals surface area (Å²) in [4.78, 5) is 36.7. The average molecular weight is 470 g/mol. The van der Waals surface area contributed by atoms with Gasteiger partial charge >= 0.3 is 11.9 Å². The summed E-state index contributed by atoms with van der Waals surface area (Å²) >= 11 is 0. The minimum Gasteiger partial charge on any atom is -0.465 e. The largest absolute Gasteiger partial charge is 0.465 e. The number of aryl methyl sites for hydroxylation is 1. The van der Waals surface area contributed by atoms with Crippen LogP contribution in [0, 0.1) is 13.8 Å². The molecular formula is C24H23NO7S. The molecule has 0 aliphatic rings. The third-order valence-electron chi connectivity index (χ3n) is 5.13. The maximum Gasteiger partial charge on any atom is 0.338 e. The number of hydrogen-bond donors (Lipinski definition) is 0. The maximum absolute atomic E-state index is 12.7. The first kappa shape index (κ1) is 23.9. The van der Waals surface area contributed by atoms with E-state index in [1.807, 2.05) is 11.5 Å². The monoisotopic (exact) mass is 469 g/mol. The number of hydrogen-bond acceptors (Lipinski definition) is 7. The van der Waals surface area contributed by atoms with Gasteiger partial charge in [-0.1, -0.05) is 0 Å². The number of aromatic nitrogens is 1. The first-order valence-corrected chi connectivity index (χ1v) is 11.8. The molecule has 0 aliphatic carbocycles. The Morgan fingerprint density at radius 1 is 0.879 bits per heavy atom. The number of ketones is 1. The van der Waals surface area contributed by atoms with E-state index in [0.29, 0.717) is 16.8 Å². The van der Waals surface area contributed by atoms with Crippen LogP contribution in [-0.2, 0) is 19.3 Å². The molecule has 0 saturated heterocycles. The average Bonchev–Trinajstić information content (AvgIpc) is 3.10. The Kier molecular flexibility index (Phi) is 6.83. The third-order valence-corrected chi connectivity index (χ3v) is 6.26. The van der Waals surface area contributed by atoms with Crippen molar-refractivity contribution in [3.63, 3.8) is 0 Å². The fourth-order valence-electron chi connectivity index (χ4n) is 3.44. The van der Waals surface area contributed by atoms with Crippen molar-refractivity contribution in [2.24, 2.45) is 0 Å². The number of benzene rings is 2. The minimum atomic E-state index is -3.38. The summed E-state index contributed by atoms with van der Waals surface area (Å²) in [6.07, 6.45) is 1.07. The molecule has 3 rings (SSSR count). The van der Waals surface area contributed by atoms with Crippen LogP contribution in [0.15, 0.2) is 59.5 Å². The van der Waals surface area contributed by atoms with Crippen LogP contribution < -0.4 is 0 Å². The quantitative estimate of drug-likeness (QED) is 0.386. The number of nitrogens with zero attached hydrogens (tertiary/aromatic N) is 1. The van der Waals surface area contributed by atoms with Gasteiger partial charge in [-0.2, -0.15) is 0 Å². The molecule has 2 aromatic carbocycles. The molecule has 9 heteroatoms. The zero-order valence-corrected chi connectivity index (χ0v) is 19.4. The molecule has 0 N–H and O–H groups in total. The van der Waals surface area contributed by atoms with Gasteiger partial charge in [0.05, 0.1) is 23.1 Å². The molecule has 3 aromatic rings. The Labute approximate surface area is 191 Å². The first-order valence-electron chi connectivity index (χ1n) is 9.91. The molecule has 33 heavy (non-hydrogen) atoms. The number of methoxy groups -OCH3 is 1. The Bertz CT molecular complexity index is 1320. The molecular weight excluding hydrogens is 446 g/mol. The molecule has 1 heterocycles. The van der Waals surface area contributed by atoms with Gasteiger partial charge in [0.2, 0.25) is 5.78 Å². The Hall–Kier alpha value is -3.72. The molecule has 0 aliphatic heterocycles. The lowest BCUT2D eigenvalue weighted by Crippen LogP contribution is -2.15. The van der Waals surface area contributed by atoms with Crippen LogP contribution in [0.3, 0.4) is 0 Å². The molecule has 0 unspecified atom stereocenters. The topological polar surface area (TPSA) is 109 Å².